The molecule has 0 fully saturated rings. The summed E-state index contributed by atoms with van der Waals surface area (Å²) in [6.45, 7) is 2.54. The highest BCUT2D eigenvalue weighted by molar-refractivity contribution is 6.33. The van der Waals surface area contributed by atoms with Gasteiger partial charge in [0.2, 0.25) is 0 Å². The third kappa shape index (κ3) is 3.44. The highest BCUT2D eigenvalue weighted by Gasteiger charge is 2.16. The van der Waals surface area contributed by atoms with Crippen molar-refractivity contribution in [2.45, 2.75) is 13.5 Å². The van der Waals surface area contributed by atoms with Crippen molar-refractivity contribution in [2.75, 3.05) is 0 Å². The zero-order valence-electron chi connectivity index (χ0n) is 14.7. The third-order valence-corrected chi connectivity index (χ3v) is 4.84. The van der Waals surface area contributed by atoms with Crippen LogP contribution in [0.25, 0.3) is 22.0 Å². The fraction of sp³-hybridized carbons (Fsp3) is 0.0909. The maximum Gasteiger partial charge on any atom is 0.336 e. The average Bonchev–Trinajstić information content (AvgIpc) is 3.03. The first-order valence-corrected chi connectivity index (χ1v) is 8.94. The quantitative estimate of drug-likeness (QED) is 0.518. The van der Waals surface area contributed by atoms with Crippen LogP contribution in [0.3, 0.4) is 0 Å². The fourth-order valence-corrected chi connectivity index (χ4v) is 3.56. The van der Waals surface area contributed by atoms with Gasteiger partial charge in [-0.15, -0.1) is 0 Å². The van der Waals surface area contributed by atoms with Gasteiger partial charge in [0.1, 0.15) is 0 Å². The first-order valence-electron chi connectivity index (χ1n) is 8.56. The lowest BCUT2D eigenvalue weighted by Gasteiger charge is -2.07. The standard InChI is InChI=1S/C22H17ClN2O2/c1-14-7-8-17(20(23)9-14)16-10-18(22(26)27)19-13-25(24-21(19)11-16)12-15-5-3-2-4-6-15/h2-11,13H,12H2,1H3,(H,26,27). The van der Waals surface area contributed by atoms with Crippen molar-refractivity contribution in [3.8, 4) is 11.1 Å². The van der Waals surface area contributed by atoms with Crippen LogP contribution in [0, 0.1) is 6.92 Å². The molecule has 1 heterocycles. The molecule has 1 aromatic heterocycles. The highest BCUT2D eigenvalue weighted by atomic mass is 35.5. The molecule has 0 spiro atoms. The van der Waals surface area contributed by atoms with E-state index in [4.69, 9.17) is 11.6 Å². The lowest BCUT2D eigenvalue weighted by Crippen LogP contribution is -1.99. The van der Waals surface area contributed by atoms with Gasteiger partial charge in [-0.1, -0.05) is 54.1 Å². The molecule has 5 heteroatoms. The zero-order chi connectivity index (χ0) is 19.0. The Kier molecular flexibility index (Phi) is 4.42. The molecule has 0 unspecified atom stereocenters. The number of halogens is 1. The molecular weight excluding hydrogens is 360 g/mol. The molecule has 27 heavy (non-hydrogen) atoms. The van der Waals surface area contributed by atoms with Crippen molar-refractivity contribution in [3.63, 3.8) is 0 Å². The highest BCUT2D eigenvalue weighted by Crippen LogP contribution is 2.32. The number of hydrogen-bond acceptors (Lipinski definition) is 2. The minimum Gasteiger partial charge on any atom is -0.478 e. The van der Waals surface area contributed by atoms with Crippen LogP contribution in [0.1, 0.15) is 21.5 Å². The number of carboxylic acid groups (broad SMARTS) is 1. The second-order valence-electron chi connectivity index (χ2n) is 6.56. The smallest absolute Gasteiger partial charge is 0.336 e. The van der Waals surface area contributed by atoms with Crippen molar-refractivity contribution in [3.05, 3.63) is 88.6 Å². The lowest BCUT2D eigenvalue weighted by molar-refractivity contribution is 0.0699. The molecule has 0 saturated heterocycles. The molecule has 4 rings (SSSR count). The van der Waals surface area contributed by atoms with E-state index in [-0.39, 0.29) is 5.56 Å². The van der Waals surface area contributed by atoms with Gasteiger partial charge in [0, 0.05) is 22.2 Å². The van der Waals surface area contributed by atoms with E-state index in [9.17, 15) is 9.90 Å². The lowest BCUT2D eigenvalue weighted by atomic mass is 9.99. The van der Waals surface area contributed by atoms with Crippen molar-refractivity contribution >= 4 is 28.5 Å². The number of carbonyl (C=O) groups is 1. The van der Waals surface area contributed by atoms with E-state index in [2.05, 4.69) is 5.10 Å². The monoisotopic (exact) mass is 376 g/mol. The van der Waals surface area contributed by atoms with E-state index >= 15 is 0 Å². The third-order valence-electron chi connectivity index (χ3n) is 4.53. The number of benzene rings is 3. The molecule has 0 atom stereocenters. The van der Waals surface area contributed by atoms with E-state index in [0.717, 1.165) is 22.3 Å². The van der Waals surface area contributed by atoms with Gasteiger partial charge in [-0.3, -0.25) is 4.68 Å². The number of carboxylic acids is 1. The van der Waals surface area contributed by atoms with Crippen LogP contribution in [-0.2, 0) is 6.54 Å². The predicted octanol–water partition coefficient (Wildman–Crippen LogP) is 5.41. The van der Waals surface area contributed by atoms with Gasteiger partial charge in [-0.2, -0.15) is 5.10 Å². The number of aromatic carboxylic acids is 1. The van der Waals surface area contributed by atoms with Gasteiger partial charge in [-0.25, -0.2) is 4.79 Å². The van der Waals surface area contributed by atoms with Crippen molar-refractivity contribution in [2.24, 2.45) is 0 Å². The van der Waals surface area contributed by atoms with Crippen LogP contribution in [0.15, 0.2) is 66.9 Å². The van der Waals surface area contributed by atoms with Gasteiger partial charge >= 0.3 is 5.97 Å². The summed E-state index contributed by atoms with van der Waals surface area (Å²) in [5.41, 5.74) is 4.55. The van der Waals surface area contributed by atoms with E-state index in [1.54, 1.807) is 16.9 Å². The Bertz CT molecular complexity index is 1150. The molecule has 134 valence electrons. The fourth-order valence-electron chi connectivity index (χ4n) is 3.21. The molecule has 4 nitrogen and oxygen atoms in total. The van der Waals surface area contributed by atoms with Crippen LogP contribution in [0.5, 0.6) is 0 Å². The van der Waals surface area contributed by atoms with Crippen LogP contribution < -0.4 is 0 Å². The normalized spacial score (nSPS) is 11.0. The summed E-state index contributed by atoms with van der Waals surface area (Å²) < 4.78 is 1.77. The largest absolute Gasteiger partial charge is 0.478 e. The first kappa shape index (κ1) is 17.3. The molecule has 0 amide bonds. The summed E-state index contributed by atoms with van der Waals surface area (Å²) in [5.74, 6) is -0.982. The molecule has 0 aliphatic rings. The number of nitrogens with zero attached hydrogens (tertiary/aromatic N) is 2. The molecule has 1 N–H and O–H groups in total. The molecule has 4 aromatic rings. The number of aromatic nitrogens is 2. The van der Waals surface area contributed by atoms with Gasteiger partial charge in [0.05, 0.1) is 17.6 Å². The number of fused-ring (bicyclic) bond motifs is 1. The van der Waals surface area contributed by atoms with Crippen molar-refractivity contribution in [1.82, 2.24) is 9.78 Å². The summed E-state index contributed by atoms with van der Waals surface area (Å²) in [4.78, 5) is 11.8. The number of hydrogen-bond donors (Lipinski definition) is 1. The van der Waals surface area contributed by atoms with Crippen LogP contribution >= 0.6 is 11.6 Å². The summed E-state index contributed by atoms with van der Waals surface area (Å²) in [6, 6.07) is 19.2. The maximum absolute atomic E-state index is 11.8. The SMILES string of the molecule is Cc1ccc(-c2cc(C(=O)O)c3cn(Cc4ccccc4)nc3c2)c(Cl)c1. The molecular formula is C22H17ClN2O2. The molecule has 0 saturated carbocycles. The average molecular weight is 377 g/mol. The second kappa shape index (κ2) is 6.89. The summed E-state index contributed by atoms with van der Waals surface area (Å²) in [5, 5.41) is 15.5. The topological polar surface area (TPSA) is 55.1 Å². The second-order valence-corrected chi connectivity index (χ2v) is 6.96. The Morgan fingerprint density at radius 2 is 1.89 bits per heavy atom. The van der Waals surface area contributed by atoms with Gasteiger partial charge in [0.15, 0.2) is 0 Å². The van der Waals surface area contributed by atoms with Gasteiger partial charge in [-0.05, 0) is 41.8 Å². The molecule has 0 bridgehead atoms. The Hall–Kier alpha value is -3.11. The summed E-state index contributed by atoms with van der Waals surface area (Å²) >= 11 is 6.39. The van der Waals surface area contributed by atoms with Crippen LogP contribution in [-0.4, -0.2) is 20.9 Å². The molecule has 0 aliphatic heterocycles. The summed E-state index contributed by atoms with van der Waals surface area (Å²) in [6.07, 6.45) is 1.78. The van der Waals surface area contributed by atoms with Crippen molar-refractivity contribution < 1.29 is 9.90 Å². The predicted molar refractivity (Wildman–Crippen MR) is 107 cm³/mol. The Morgan fingerprint density at radius 1 is 1.11 bits per heavy atom. The molecule has 0 radical (unpaired) electrons. The molecule has 0 aliphatic carbocycles. The van der Waals surface area contributed by atoms with E-state index in [1.807, 2.05) is 61.5 Å². The Balaban J connectivity index is 1.84. The van der Waals surface area contributed by atoms with E-state index < -0.39 is 5.97 Å². The number of rotatable bonds is 4. The first-order chi connectivity index (χ1) is 13.0. The van der Waals surface area contributed by atoms with E-state index in [1.165, 1.54) is 0 Å². The van der Waals surface area contributed by atoms with Crippen molar-refractivity contribution in [1.29, 1.82) is 0 Å². The molecule has 3 aromatic carbocycles. The zero-order valence-corrected chi connectivity index (χ0v) is 15.4. The summed E-state index contributed by atoms with van der Waals surface area (Å²) in [7, 11) is 0. The van der Waals surface area contributed by atoms with E-state index in [0.29, 0.717) is 22.5 Å². The minimum atomic E-state index is -0.982. The van der Waals surface area contributed by atoms with Gasteiger partial charge < -0.3 is 5.11 Å². The number of aryl methyl sites for hydroxylation is 1. The minimum absolute atomic E-state index is 0.221. The van der Waals surface area contributed by atoms with Crippen LogP contribution in [0.4, 0.5) is 0 Å². The Labute approximate surface area is 161 Å². The van der Waals surface area contributed by atoms with Gasteiger partial charge in [0.25, 0.3) is 0 Å². The maximum atomic E-state index is 11.8. The Morgan fingerprint density at radius 3 is 2.59 bits per heavy atom. The van der Waals surface area contributed by atoms with Crippen LogP contribution in [0.2, 0.25) is 5.02 Å².